The number of amides is 1. The van der Waals surface area contributed by atoms with Crippen molar-refractivity contribution in [1.29, 1.82) is 0 Å². The highest BCUT2D eigenvalue weighted by Gasteiger charge is 2.31. The van der Waals surface area contributed by atoms with Crippen LogP contribution in [0.2, 0.25) is 0 Å². The van der Waals surface area contributed by atoms with Crippen LogP contribution < -0.4 is 5.73 Å². The van der Waals surface area contributed by atoms with E-state index in [4.69, 9.17) is 5.73 Å². The number of likely N-dealkylation sites (tertiary alicyclic amines) is 1. The average Bonchev–Trinajstić information content (AvgIpc) is 2.76. The maximum absolute atomic E-state index is 13.7. The highest BCUT2D eigenvalue weighted by atomic mass is 79.9. The molecule has 1 heterocycles. The molecule has 0 spiro atoms. The van der Waals surface area contributed by atoms with E-state index in [1.807, 2.05) is 6.92 Å². The third kappa shape index (κ3) is 3.48. The van der Waals surface area contributed by atoms with Gasteiger partial charge in [-0.2, -0.15) is 0 Å². The van der Waals surface area contributed by atoms with Crippen LogP contribution in [0.4, 0.5) is 8.78 Å². The van der Waals surface area contributed by atoms with Gasteiger partial charge in [-0.1, -0.05) is 15.9 Å². The summed E-state index contributed by atoms with van der Waals surface area (Å²) in [5.41, 5.74) is 5.29. The topological polar surface area (TPSA) is 46.3 Å². The number of carbonyl (C=O) groups excluding carboxylic acids is 1. The van der Waals surface area contributed by atoms with Gasteiger partial charge in [0.2, 0.25) is 0 Å². The Morgan fingerprint density at radius 1 is 1.45 bits per heavy atom. The molecular weight excluding hydrogens is 354 g/mol. The highest BCUT2D eigenvalue weighted by Crippen LogP contribution is 2.25. The first-order chi connectivity index (χ1) is 8.90. The second kappa shape index (κ2) is 6.83. The fraction of sp³-hybridized carbons (Fsp3) is 0.462. The number of carbonyl (C=O) groups is 1. The maximum atomic E-state index is 13.7. The third-order valence-corrected chi connectivity index (χ3v) is 3.93. The smallest absolute Gasteiger partial charge is 0.259 e. The largest absolute Gasteiger partial charge is 0.338 e. The molecule has 1 aromatic rings. The molecule has 2 rings (SSSR count). The van der Waals surface area contributed by atoms with E-state index in [0.717, 1.165) is 18.6 Å². The molecule has 1 amide bonds. The first-order valence-electron chi connectivity index (χ1n) is 6.09. The zero-order valence-electron chi connectivity index (χ0n) is 10.9. The van der Waals surface area contributed by atoms with Crippen molar-refractivity contribution in [3.63, 3.8) is 0 Å². The fourth-order valence-corrected chi connectivity index (χ4v) is 2.71. The minimum absolute atomic E-state index is 0. The second-order valence-corrected chi connectivity index (χ2v) is 5.82. The number of hydrogen-bond acceptors (Lipinski definition) is 2. The van der Waals surface area contributed by atoms with Crippen molar-refractivity contribution in [3.05, 3.63) is 33.8 Å². The van der Waals surface area contributed by atoms with Crippen LogP contribution in [0.25, 0.3) is 0 Å². The van der Waals surface area contributed by atoms with Crippen molar-refractivity contribution in [2.24, 2.45) is 11.7 Å². The molecule has 2 atom stereocenters. The summed E-state index contributed by atoms with van der Waals surface area (Å²) in [6.07, 6.45) is 0.767. The van der Waals surface area contributed by atoms with Gasteiger partial charge in [0.25, 0.3) is 5.91 Å². The lowest BCUT2D eigenvalue weighted by Crippen LogP contribution is -2.33. The van der Waals surface area contributed by atoms with Gasteiger partial charge in [-0.25, -0.2) is 8.78 Å². The van der Waals surface area contributed by atoms with Crippen molar-refractivity contribution in [3.8, 4) is 0 Å². The minimum atomic E-state index is -0.846. The van der Waals surface area contributed by atoms with Crippen LogP contribution >= 0.6 is 28.3 Å². The molecule has 0 bridgehead atoms. The quantitative estimate of drug-likeness (QED) is 0.871. The Labute approximate surface area is 131 Å². The first-order valence-corrected chi connectivity index (χ1v) is 6.89. The van der Waals surface area contributed by atoms with Crippen LogP contribution in [-0.2, 0) is 0 Å². The van der Waals surface area contributed by atoms with Gasteiger partial charge in [0.1, 0.15) is 17.2 Å². The van der Waals surface area contributed by atoms with Gasteiger partial charge in [-0.3, -0.25) is 4.79 Å². The van der Waals surface area contributed by atoms with Gasteiger partial charge < -0.3 is 10.6 Å². The lowest BCUT2D eigenvalue weighted by Gasteiger charge is -2.18. The molecule has 1 aliphatic rings. The van der Waals surface area contributed by atoms with E-state index in [1.54, 1.807) is 0 Å². The normalized spacial score (nSPS) is 19.6. The SMILES string of the molecule is CC(N)C1CCN(C(=O)c2c(F)cc(Br)cc2F)C1.Cl. The van der Waals surface area contributed by atoms with Gasteiger partial charge in [0, 0.05) is 23.6 Å². The Hall–Kier alpha value is -0.720. The lowest BCUT2D eigenvalue weighted by molar-refractivity contribution is 0.0776. The van der Waals surface area contributed by atoms with Crippen molar-refractivity contribution in [2.75, 3.05) is 13.1 Å². The van der Waals surface area contributed by atoms with E-state index in [2.05, 4.69) is 15.9 Å². The number of halogens is 4. The molecule has 20 heavy (non-hydrogen) atoms. The number of benzene rings is 1. The predicted octanol–water partition coefficient (Wildman–Crippen LogP) is 2.96. The standard InChI is InChI=1S/C13H15BrF2N2O.ClH/c1-7(17)8-2-3-18(6-8)13(19)12-10(15)4-9(14)5-11(12)16;/h4-5,7-8H,2-3,6,17H2,1H3;1H. The summed E-state index contributed by atoms with van der Waals surface area (Å²) in [5.74, 6) is -2.11. The summed E-state index contributed by atoms with van der Waals surface area (Å²) < 4.78 is 27.7. The lowest BCUT2D eigenvalue weighted by atomic mass is 10.0. The van der Waals surface area contributed by atoms with E-state index >= 15 is 0 Å². The van der Waals surface area contributed by atoms with Crippen LogP contribution in [0.1, 0.15) is 23.7 Å². The van der Waals surface area contributed by atoms with Crippen LogP contribution in [0.3, 0.4) is 0 Å². The second-order valence-electron chi connectivity index (χ2n) is 4.90. The highest BCUT2D eigenvalue weighted by molar-refractivity contribution is 9.10. The van der Waals surface area contributed by atoms with Gasteiger partial charge in [-0.05, 0) is 31.4 Å². The molecule has 1 aromatic carbocycles. The van der Waals surface area contributed by atoms with Gasteiger partial charge in [0.05, 0.1) is 0 Å². The summed E-state index contributed by atoms with van der Waals surface area (Å²) >= 11 is 2.99. The Balaban J connectivity index is 0.00000200. The third-order valence-electron chi connectivity index (χ3n) is 3.48. The maximum Gasteiger partial charge on any atom is 0.259 e. The van der Waals surface area contributed by atoms with Gasteiger partial charge in [-0.15, -0.1) is 12.4 Å². The number of hydrogen-bond donors (Lipinski definition) is 1. The van der Waals surface area contributed by atoms with E-state index in [0.29, 0.717) is 13.1 Å². The molecule has 7 heteroatoms. The zero-order chi connectivity index (χ0) is 14.2. The molecule has 0 aromatic heterocycles. The molecule has 1 saturated heterocycles. The van der Waals surface area contributed by atoms with E-state index in [9.17, 15) is 13.6 Å². The molecule has 1 fully saturated rings. The van der Waals surface area contributed by atoms with Crippen molar-refractivity contribution < 1.29 is 13.6 Å². The number of nitrogens with zero attached hydrogens (tertiary/aromatic N) is 1. The average molecular weight is 370 g/mol. The zero-order valence-corrected chi connectivity index (χ0v) is 13.3. The summed E-state index contributed by atoms with van der Waals surface area (Å²) in [4.78, 5) is 13.6. The number of rotatable bonds is 2. The van der Waals surface area contributed by atoms with Crippen molar-refractivity contribution >= 4 is 34.2 Å². The monoisotopic (exact) mass is 368 g/mol. The van der Waals surface area contributed by atoms with Gasteiger partial charge >= 0.3 is 0 Å². The van der Waals surface area contributed by atoms with Crippen LogP contribution in [0.5, 0.6) is 0 Å². The Kier molecular flexibility index (Phi) is 5.91. The molecule has 112 valence electrons. The predicted molar refractivity (Wildman–Crippen MR) is 79.0 cm³/mol. The molecule has 3 nitrogen and oxygen atoms in total. The molecular formula is C13H16BrClF2N2O. The van der Waals surface area contributed by atoms with E-state index in [1.165, 1.54) is 4.90 Å². The fourth-order valence-electron chi connectivity index (χ4n) is 2.31. The Morgan fingerprint density at radius 2 is 2.00 bits per heavy atom. The molecule has 2 N–H and O–H groups in total. The summed E-state index contributed by atoms with van der Waals surface area (Å²) in [6.45, 7) is 2.81. The Morgan fingerprint density at radius 3 is 2.45 bits per heavy atom. The summed E-state index contributed by atoms with van der Waals surface area (Å²) in [6, 6.07) is 2.16. The number of nitrogens with two attached hydrogens (primary N) is 1. The summed E-state index contributed by atoms with van der Waals surface area (Å²) in [7, 11) is 0. The van der Waals surface area contributed by atoms with Crippen molar-refractivity contribution in [1.82, 2.24) is 4.90 Å². The van der Waals surface area contributed by atoms with Gasteiger partial charge in [0.15, 0.2) is 0 Å². The van der Waals surface area contributed by atoms with Crippen LogP contribution in [-0.4, -0.2) is 29.9 Å². The molecule has 0 saturated carbocycles. The summed E-state index contributed by atoms with van der Waals surface area (Å²) in [5, 5.41) is 0. The minimum Gasteiger partial charge on any atom is -0.338 e. The first kappa shape index (κ1) is 17.3. The van der Waals surface area contributed by atoms with E-state index < -0.39 is 23.1 Å². The molecule has 0 aliphatic carbocycles. The molecule has 1 aliphatic heterocycles. The van der Waals surface area contributed by atoms with Crippen LogP contribution in [0.15, 0.2) is 16.6 Å². The van der Waals surface area contributed by atoms with Crippen LogP contribution in [0, 0.1) is 17.6 Å². The van der Waals surface area contributed by atoms with E-state index in [-0.39, 0.29) is 28.8 Å². The molecule has 2 unspecified atom stereocenters. The Bertz CT molecular complexity index is 490. The van der Waals surface area contributed by atoms with Crippen molar-refractivity contribution in [2.45, 2.75) is 19.4 Å². The molecule has 0 radical (unpaired) electrons.